The van der Waals surface area contributed by atoms with Crippen LogP contribution in [0.15, 0.2) is 24.3 Å². The summed E-state index contributed by atoms with van der Waals surface area (Å²) in [6, 6.07) is 7.48. The van der Waals surface area contributed by atoms with Gasteiger partial charge in [-0.05, 0) is 50.4 Å². The molecule has 1 aromatic rings. The average Bonchev–Trinajstić information content (AvgIpc) is 2.53. The monoisotopic (exact) mass is 355 g/mol. The number of nitrogens with one attached hydrogen (secondary N) is 3. The van der Waals surface area contributed by atoms with Gasteiger partial charge in [0.25, 0.3) is 0 Å². The van der Waals surface area contributed by atoms with Crippen molar-refractivity contribution in [2.24, 2.45) is 0 Å². The van der Waals surface area contributed by atoms with Crippen molar-refractivity contribution in [1.29, 1.82) is 0 Å². The molecule has 0 bridgehead atoms. The van der Waals surface area contributed by atoms with Gasteiger partial charge in [0.2, 0.25) is 15.9 Å². The zero-order chi connectivity index (χ0) is 18.2. The zero-order valence-electron chi connectivity index (χ0n) is 14.9. The molecule has 0 fully saturated rings. The summed E-state index contributed by atoms with van der Waals surface area (Å²) in [5.41, 5.74) is 1.75. The van der Waals surface area contributed by atoms with Gasteiger partial charge < -0.3 is 10.6 Å². The first-order valence-corrected chi connectivity index (χ1v) is 9.90. The van der Waals surface area contributed by atoms with Crippen LogP contribution in [0.5, 0.6) is 0 Å². The topological polar surface area (TPSA) is 87.3 Å². The van der Waals surface area contributed by atoms with Crippen LogP contribution in [0.2, 0.25) is 0 Å². The summed E-state index contributed by atoms with van der Waals surface area (Å²) in [6.07, 6.45) is 0.987. The molecule has 7 heteroatoms. The Labute approximate surface area is 145 Å². The Hall–Kier alpha value is -1.44. The van der Waals surface area contributed by atoms with Crippen LogP contribution in [-0.4, -0.2) is 39.2 Å². The molecule has 1 rings (SSSR count). The van der Waals surface area contributed by atoms with Crippen molar-refractivity contribution in [2.75, 3.05) is 25.0 Å². The minimum absolute atomic E-state index is 0.0505. The van der Waals surface area contributed by atoms with Gasteiger partial charge >= 0.3 is 0 Å². The van der Waals surface area contributed by atoms with Crippen molar-refractivity contribution in [3.8, 4) is 0 Å². The van der Waals surface area contributed by atoms with Gasteiger partial charge in [-0.3, -0.25) is 4.79 Å². The van der Waals surface area contributed by atoms with E-state index < -0.39 is 15.3 Å². The number of anilines is 1. The first-order chi connectivity index (χ1) is 11.3. The van der Waals surface area contributed by atoms with E-state index in [-0.39, 0.29) is 11.8 Å². The second-order valence-electron chi connectivity index (χ2n) is 6.19. The van der Waals surface area contributed by atoms with E-state index in [1.807, 2.05) is 38.1 Å². The lowest BCUT2D eigenvalue weighted by atomic mass is 10.0. The lowest BCUT2D eigenvalue weighted by molar-refractivity contribution is -0.115. The number of carbonyl (C=O) groups is 1. The minimum atomic E-state index is -3.25. The van der Waals surface area contributed by atoms with E-state index in [0.29, 0.717) is 13.1 Å². The highest BCUT2D eigenvalue weighted by Gasteiger charge is 2.17. The van der Waals surface area contributed by atoms with Crippen molar-refractivity contribution in [2.45, 2.75) is 45.3 Å². The first-order valence-electron chi connectivity index (χ1n) is 8.35. The van der Waals surface area contributed by atoms with Gasteiger partial charge in [-0.2, -0.15) is 0 Å². The van der Waals surface area contributed by atoms with Crippen LogP contribution >= 0.6 is 0 Å². The van der Waals surface area contributed by atoms with Gasteiger partial charge in [-0.15, -0.1) is 0 Å². The van der Waals surface area contributed by atoms with E-state index in [1.54, 1.807) is 13.8 Å². The fourth-order valence-corrected chi connectivity index (χ4v) is 2.82. The molecule has 1 unspecified atom stereocenters. The SMILES string of the molecule is CCCNCC(=O)Nc1ccc(C(C)CNS(=O)(=O)C(C)C)cc1. The number of hydrogen-bond donors (Lipinski definition) is 3. The summed E-state index contributed by atoms with van der Waals surface area (Å²) in [7, 11) is -3.25. The minimum Gasteiger partial charge on any atom is -0.325 e. The molecule has 0 aliphatic carbocycles. The van der Waals surface area contributed by atoms with Crippen molar-refractivity contribution in [3.05, 3.63) is 29.8 Å². The molecule has 1 atom stereocenters. The Bertz CT molecular complexity index is 612. The van der Waals surface area contributed by atoms with Crippen LogP contribution in [0.25, 0.3) is 0 Å². The molecule has 0 saturated heterocycles. The summed E-state index contributed by atoms with van der Waals surface area (Å²) < 4.78 is 26.2. The number of hydrogen-bond acceptors (Lipinski definition) is 4. The summed E-state index contributed by atoms with van der Waals surface area (Å²) in [6.45, 7) is 8.78. The van der Waals surface area contributed by atoms with Gasteiger partial charge in [-0.25, -0.2) is 13.1 Å². The number of amides is 1. The van der Waals surface area contributed by atoms with E-state index in [4.69, 9.17) is 0 Å². The van der Waals surface area contributed by atoms with Gasteiger partial charge in [0.05, 0.1) is 11.8 Å². The third kappa shape index (κ3) is 6.98. The van der Waals surface area contributed by atoms with Crippen LogP contribution in [0, 0.1) is 0 Å². The molecule has 1 aromatic carbocycles. The van der Waals surface area contributed by atoms with Crippen molar-refractivity contribution in [1.82, 2.24) is 10.0 Å². The first kappa shape index (κ1) is 20.6. The highest BCUT2D eigenvalue weighted by Crippen LogP contribution is 2.18. The maximum Gasteiger partial charge on any atom is 0.238 e. The van der Waals surface area contributed by atoms with Gasteiger partial charge in [-0.1, -0.05) is 26.0 Å². The van der Waals surface area contributed by atoms with Gasteiger partial charge in [0, 0.05) is 12.2 Å². The normalized spacial score (nSPS) is 13.0. The second-order valence-corrected chi connectivity index (χ2v) is 8.51. The van der Waals surface area contributed by atoms with Crippen molar-refractivity contribution in [3.63, 3.8) is 0 Å². The number of carbonyl (C=O) groups excluding carboxylic acids is 1. The predicted molar refractivity (Wildman–Crippen MR) is 98.7 cm³/mol. The van der Waals surface area contributed by atoms with Gasteiger partial charge in [0.1, 0.15) is 0 Å². The third-order valence-corrected chi connectivity index (χ3v) is 5.50. The van der Waals surface area contributed by atoms with Crippen LogP contribution in [-0.2, 0) is 14.8 Å². The van der Waals surface area contributed by atoms with Crippen LogP contribution in [0.4, 0.5) is 5.69 Å². The molecule has 0 radical (unpaired) electrons. The van der Waals surface area contributed by atoms with Crippen molar-refractivity contribution < 1.29 is 13.2 Å². The van der Waals surface area contributed by atoms with Crippen LogP contribution in [0.1, 0.15) is 45.6 Å². The molecule has 6 nitrogen and oxygen atoms in total. The number of sulfonamides is 1. The summed E-state index contributed by atoms with van der Waals surface area (Å²) in [5, 5.41) is 5.43. The Balaban J connectivity index is 2.53. The Morgan fingerprint density at radius 2 is 1.75 bits per heavy atom. The molecule has 0 aliphatic heterocycles. The quantitative estimate of drug-likeness (QED) is 0.561. The molecule has 0 aliphatic rings. The standard InChI is InChI=1S/C17H29N3O3S/c1-5-10-18-12-17(21)20-16-8-6-15(7-9-16)14(4)11-19-24(22,23)13(2)3/h6-9,13-14,18-19H,5,10-12H2,1-4H3,(H,20,21). The fraction of sp³-hybridized carbons (Fsp3) is 0.588. The Morgan fingerprint density at radius 1 is 1.12 bits per heavy atom. The molecule has 0 aromatic heterocycles. The third-order valence-electron chi connectivity index (χ3n) is 3.69. The molecule has 0 spiro atoms. The predicted octanol–water partition coefficient (Wildman–Crippen LogP) is 2.06. The maximum absolute atomic E-state index is 11.8. The fourth-order valence-electron chi connectivity index (χ4n) is 2.00. The lowest BCUT2D eigenvalue weighted by Gasteiger charge is -2.15. The summed E-state index contributed by atoms with van der Waals surface area (Å²) in [5.74, 6) is -0.0246. The van der Waals surface area contributed by atoms with Crippen LogP contribution < -0.4 is 15.4 Å². The van der Waals surface area contributed by atoms with E-state index in [0.717, 1.165) is 24.2 Å². The molecule has 136 valence electrons. The lowest BCUT2D eigenvalue weighted by Crippen LogP contribution is -2.33. The molecule has 24 heavy (non-hydrogen) atoms. The number of benzene rings is 1. The average molecular weight is 356 g/mol. The smallest absolute Gasteiger partial charge is 0.238 e. The van der Waals surface area contributed by atoms with E-state index >= 15 is 0 Å². The molecular formula is C17H29N3O3S. The van der Waals surface area contributed by atoms with Gasteiger partial charge in [0.15, 0.2) is 0 Å². The summed E-state index contributed by atoms with van der Waals surface area (Å²) in [4.78, 5) is 11.7. The Morgan fingerprint density at radius 3 is 2.29 bits per heavy atom. The molecule has 0 heterocycles. The number of rotatable bonds is 10. The van der Waals surface area contributed by atoms with Crippen LogP contribution in [0.3, 0.4) is 0 Å². The molecule has 3 N–H and O–H groups in total. The zero-order valence-corrected chi connectivity index (χ0v) is 15.7. The highest BCUT2D eigenvalue weighted by atomic mass is 32.2. The molecular weight excluding hydrogens is 326 g/mol. The molecule has 1 amide bonds. The van der Waals surface area contributed by atoms with E-state index in [9.17, 15) is 13.2 Å². The molecule has 0 saturated carbocycles. The maximum atomic E-state index is 11.8. The van der Waals surface area contributed by atoms with E-state index in [2.05, 4.69) is 15.4 Å². The largest absolute Gasteiger partial charge is 0.325 e. The second kappa shape index (κ2) is 9.76. The van der Waals surface area contributed by atoms with Crippen molar-refractivity contribution >= 4 is 21.6 Å². The van der Waals surface area contributed by atoms with E-state index in [1.165, 1.54) is 0 Å². The summed E-state index contributed by atoms with van der Waals surface area (Å²) >= 11 is 0. The Kier molecular flexibility index (Phi) is 8.38. The highest BCUT2D eigenvalue weighted by molar-refractivity contribution is 7.90.